The van der Waals surface area contributed by atoms with Crippen molar-refractivity contribution in [2.75, 3.05) is 11.5 Å². The number of sulfonamides is 1. The molecule has 1 aromatic carbocycles. The van der Waals surface area contributed by atoms with Crippen molar-refractivity contribution >= 4 is 59.8 Å². The topological polar surface area (TPSA) is 124 Å². The Hall–Kier alpha value is -1.73. The van der Waals surface area contributed by atoms with Gasteiger partial charge in [0.05, 0.1) is 27.3 Å². The first-order chi connectivity index (χ1) is 14.0. The number of primary sulfonamides is 1. The molecule has 0 bridgehead atoms. The summed E-state index contributed by atoms with van der Waals surface area (Å²) in [6, 6.07) is 5.61. The van der Waals surface area contributed by atoms with Gasteiger partial charge in [0.25, 0.3) is 5.91 Å². The Balaban J connectivity index is 1.44. The lowest BCUT2D eigenvalue weighted by Crippen LogP contribution is -2.39. The van der Waals surface area contributed by atoms with Gasteiger partial charge in [0.2, 0.25) is 10.0 Å². The van der Waals surface area contributed by atoms with Gasteiger partial charge in [-0.1, -0.05) is 24.0 Å². The van der Waals surface area contributed by atoms with Crippen LogP contribution in [0.2, 0.25) is 0 Å². The van der Waals surface area contributed by atoms with Crippen LogP contribution >= 0.6 is 24.0 Å². The Kier molecular flexibility index (Phi) is 5.56. The van der Waals surface area contributed by atoms with E-state index < -0.39 is 25.9 Å². The summed E-state index contributed by atoms with van der Waals surface area (Å²) in [7, 11) is -6.90. The van der Waals surface area contributed by atoms with E-state index in [4.69, 9.17) is 22.1 Å². The van der Waals surface area contributed by atoms with Crippen LogP contribution in [0.15, 0.2) is 46.2 Å². The number of carbonyl (C=O) groups is 1. The summed E-state index contributed by atoms with van der Waals surface area (Å²) >= 11 is 6.46. The van der Waals surface area contributed by atoms with Crippen LogP contribution in [0.5, 0.6) is 0 Å². The molecule has 1 amide bonds. The zero-order valence-electron chi connectivity index (χ0n) is 15.6. The van der Waals surface area contributed by atoms with Crippen LogP contribution in [0, 0.1) is 0 Å². The molecule has 160 valence electrons. The van der Waals surface area contributed by atoms with E-state index in [0.29, 0.717) is 33.4 Å². The highest BCUT2D eigenvalue weighted by atomic mass is 32.2. The van der Waals surface area contributed by atoms with Crippen molar-refractivity contribution in [3.8, 4) is 0 Å². The molecular formula is C18H18N2O6S4. The van der Waals surface area contributed by atoms with E-state index in [1.54, 1.807) is 18.2 Å². The zero-order chi connectivity index (χ0) is 21.7. The number of benzene rings is 1. The van der Waals surface area contributed by atoms with Crippen molar-refractivity contribution in [3.63, 3.8) is 0 Å². The van der Waals surface area contributed by atoms with Gasteiger partial charge < -0.3 is 4.74 Å². The molecule has 12 heteroatoms. The summed E-state index contributed by atoms with van der Waals surface area (Å²) in [4.78, 5) is 14.6. The molecule has 8 nitrogen and oxygen atoms in total. The molecule has 0 aromatic heterocycles. The molecule has 2 unspecified atom stereocenters. The SMILES string of the molecule is NS(=O)(=O)c1ccc(C2=CCC(/C=C3/SC(=S)N(C4CCS(=O)(=O)C4)C3=O)O2)cc1. The summed E-state index contributed by atoms with van der Waals surface area (Å²) in [5.41, 5.74) is 0.696. The van der Waals surface area contributed by atoms with Gasteiger partial charge in [-0.3, -0.25) is 9.69 Å². The lowest BCUT2D eigenvalue weighted by atomic mass is 10.2. The first-order valence-corrected chi connectivity index (χ1v) is 13.6. The van der Waals surface area contributed by atoms with Crippen LogP contribution in [-0.4, -0.2) is 55.6 Å². The Morgan fingerprint density at radius 1 is 1.27 bits per heavy atom. The molecule has 30 heavy (non-hydrogen) atoms. The molecule has 4 rings (SSSR count). The highest BCUT2D eigenvalue weighted by Crippen LogP contribution is 2.37. The molecule has 0 radical (unpaired) electrons. The predicted octanol–water partition coefficient (Wildman–Crippen LogP) is 1.40. The van der Waals surface area contributed by atoms with Crippen molar-refractivity contribution in [2.24, 2.45) is 5.14 Å². The zero-order valence-corrected chi connectivity index (χ0v) is 18.8. The van der Waals surface area contributed by atoms with E-state index in [-0.39, 0.29) is 28.4 Å². The van der Waals surface area contributed by atoms with Gasteiger partial charge in [-0.2, -0.15) is 0 Å². The minimum Gasteiger partial charge on any atom is -0.486 e. The average molecular weight is 487 g/mol. The maximum atomic E-state index is 12.8. The molecule has 0 saturated carbocycles. The molecule has 1 aromatic rings. The Morgan fingerprint density at radius 3 is 2.57 bits per heavy atom. The van der Waals surface area contributed by atoms with Crippen LogP contribution in [0.25, 0.3) is 5.76 Å². The molecular weight excluding hydrogens is 468 g/mol. The van der Waals surface area contributed by atoms with Gasteiger partial charge in [0.15, 0.2) is 9.84 Å². The monoisotopic (exact) mass is 486 g/mol. The van der Waals surface area contributed by atoms with Gasteiger partial charge >= 0.3 is 0 Å². The third-order valence-corrected chi connectivity index (χ3v) is 9.04. The molecule has 0 spiro atoms. The van der Waals surface area contributed by atoms with E-state index in [1.807, 2.05) is 6.08 Å². The second-order valence-corrected chi connectivity index (χ2v) is 12.6. The predicted molar refractivity (Wildman–Crippen MR) is 117 cm³/mol. The van der Waals surface area contributed by atoms with Crippen molar-refractivity contribution < 1.29 is 26.4 Å². The second-order valence-electron chi connectivity index (χ2n) is 7.16. The van der Waals surface area contributed by atoms with Crippen molar-refractivity contribution in [2.45, 2.75) is 29.9 Å². The summed E-state index contributed by atoms with van der Waals surface area (Å²) in [6.07, 6.45) is 4.11. The number of sulfone groups is 1. The number of rotatable bonds is 4. The Morgan fingerprint density at radius 2 is 1.97 bits per heavy atom. The normalized spacial score (nSPS) is 27.6. The van der Waals surface area contributed by atoms with E-state index >= 15 is 0 Å². The average Bonchev–Trinajstić information content (AvgIpc) is 3.33. The molecule has 2 atom stereocenters. The number of thiocarbonyl (C=S) groups is 1. The van der Waals surface area contributed by atoms with Gasteiger partial charge in [0.1, 0.15) is 16.2 Å². The smallest absolute Gasteiger partial charge is 0.266 e. The highest BCUT2D eigenvalue weighted by molar-refractivity contribution is 8.26. The molecule has 0 aliphatic carbocycles. The van der Waals surface area contributed by atoms with E-state index in [0.717, 1.165) is 11.8 Å². The molecule has 2 fully saturated rings. The number of thioether (sulfide) groups is 1. The summed E-state index contributed by atoms with van der Waals surface area (Å²) < 4.78 is 52.5. The van der Waals surface area contributed by atoms with E-state index in [2.05, 4.69) is 0 Å². The van der Waals surface area contributed by atoms with Crippen molar-refractivity contribution in [3.05, 3.63) is 46.9 Å². The maximum Gasteiger partial charge on any atom is 0.266 e. The Bertz CT molecular complexity index is 1190. The number of nitrogens with two attached hydrogens (primary N) is 1. The standard InChI is InChI=1S/C18H18N2O6S4/c19-30(24,25)14-4-1-11(2-5-14)15-6-3-13(26-15)9-16-17(21)20(18(27)28-16)12-7-8-29(22,23)10-12/h1-2,4-6,9,12-13H,3,7-8,10H2,(H2,19,24,25)/b16-9+. The fourth-order valence-corrected chi connectivity index (χ4v) is 7.18. The first kappa shape index (κ1) is 21.5. The van der Waals surface area contributed by atoms with Crippen LogP contribution < -0.4 is 5.14 Å². The lowest BCUT2D eigenvalue weighted by Gasteiger charge is -2.21. The number of carbonyl (C=O) groups excluding carboxylic acids is 1. The first-order valence-electron chi connectivity index (χ1n) is 9.01. The summed E-state index contributed by atoms with van der Waals surface area (Å²) in [6.45, 7) is 0. The molecule has 2 saturated heterocycles. The lowest BCUT2D eigenvalue weighted by molar-refractivity contribution is -0.123. The summed E-state index contributed by atoms with van der Waals surface area (Å²) in [5.74, 6) is 0.292. The molecule has 3 aliphatic heterocycles. The molecule has 3 heterocycles. The van der Waals surface area contributed by atoms with E-state index in [9.17, 15) is 21.6 Å². The fraction of sp³-hybridized carbons (Fsp3) is 0.333. The number of ether oxygens (including phenoxy) is 1. The minimum atomic E-state index is -3.77. The van der Waals surface area contributed by atoms with E-state index in [1.165, 1.54) is 17.0 Å². The van der Waals surface area contributed by atoms with Gasteiger partial charge in [-0.05, 0) is 42.8 Å². The third-order valence-electron chi connectivity index (χ3n) is 5.02. The third kappa shape index (κ3) is 4.33. The van der Waals surface area contributed by atoms with Crippen molar-refractivity contribution in [1.82, 2.24) is 4.90 Å². The van der Waals surface area contributed by atoms with Crippen LogP contribution in [0.1, 0.15) is 18.4 Å². The van der Waals surface area contributed by atoms with Crippen LogP contribution in [-0.2, 0) is 29.4 Å². The maximum absolute atomic E-state index is 12.8. The van der Waals surface area contributed by atoms with Gasteiger partial charge in [-0.25, -0.2) is 22.0 Å². The second kappa shape index (κ2) is 7.75. The van der Waals surface area contributed by atoms with Crippen LogP contribution in [0.4, 0.5) is 0 Å². The number of hydrogen-bond acceptors (Lipinski definition) is 8. The quantitative estimate of drug-likeness (QED) is 0.500. The Labute approximate surface area is 184 Å². The number of nitrogens with zero attached hydrogens (tertiary/aromatic N) is 1. The number of amides is 1. The van der Waals surface area contributed by atoms with Gasteiger partial charge in [0, 0.05) is 12.0 Å². The van der Waals surface area contributed by atoms with Crippen molar-refractivity contribution in [1.29, 1.82) is 0 Å². The molecule has 3 aliphatic rings. The van der Waals surface area contributed by atoms with Gasteiger partial charge in [-0.15, -0.1) is 0 Å². The van der Waals surface area contributed by atoms with Crippen LogP contribution in [0.3, 0.4) is 0 Å². The molecule has 2 N–H and O–H groups in total. The minimum absolute atomic E-state index is 0.0130. The highest BCUT2D eigenvalue weighted by Gasteiger charge is 2.42. The fourth-order valence-electron chi connectivity index (χ4n) is 3.54. The largest absolute Gasteiger partial charge is 0.486 e. The summed E-state index contributed by atoms with van der Waals surface area (Å²) in [5, 5.41) is 5.11. The number of hydrogen-bond donors (Lipinski definition) is 1.